The summed E-state index contributed by atoms with van der Waals surface area (Å²) < 4.78 is 26.6. The number of carbonyl (C=O) groups excluding carboxylic acids is 1. The number of carbonyl (C=O) groups is 1. The number of oxime groups is 1. The molecule has 0 bridgehead atoms. The molecule has 0 saturated heterocycles. The van der Waals surface area contributed by atoms with Gasteiger partial charge in [-0.1, -0.05) is 11.2 Å². The molecular weight excluding hydrogens is 244 g/mol. The van der Waals surface area contributed by atoms with E-state index in [0.717, 1.165) is 12.1 Å². The second-order valence-corrected chi connectivity index (χ2v) is 3.77. The monoisotopic (exact) mass is 257 g/mol. The first-order chi connectivity index (χ1) is 8.45. The Hall–Kier alpha value is -2.18. The van der Waals surface area contributed by atoms with Crippen molar-refractivity contribution in [2.45, 2.75) is 19.4 Å². The number of nitrogens with one attached hydrogen (secondary N) is 1. The molecule has 0 radical (unpaired) electrons. The number of nitrogens with zero attached hydrogens (tertiary/aromatic N) is 1. The highest BCUT2D eigenvalue weighted by atomic mass is 19.1. The molecule has 1 aromatic carbocycles. The molecule has 0 heterocycles. The number of amides is 1. The topological polar surface area (TPSA) is 87.7 Å². The summed E-state index contributed by atoms with van der Waals surface area (Å²) in [6, 6.07) is 2.63. The minimum absolute atomic E-state index is 0.0678. The lowest BCUT2D eigenvalue weighted by molar-refractivity contribution is 0.0932. The lowest BCUT2D eigenvalue weighted by Gasteiger charge is -2.13. The molecule has 5 nitrogen and oxygen atoms in total. The fourth-order valence-electron chi connectivity index (χ4n) is 1.42. The Morgan fingerprint density at radius 2 is 2.06 bits per heavy atom. The molecule has 0 aromatic heterocycles. The third kappa shape index (κ3) is 3.41. The molecule has 0 fully saturated rings. The third-order valence-corrected chi connectivity index (χ3v) is 2.21. The number of nitrogens with two attached hydrogens (primary N) is 1. The Labute approximate surface area is 102 Å². The molecule has 1 atom stereocenters. The summed E-state index contributed by atoms with van der Waals surface area (Å²) in [5.41, 5.74) is 4.60. The van der Waals surface area contributed by atoms with Gasteiger partial charge in [0.2, 0.25) is 0 Å². The maximum Gasteiger partial charge on any atom is 0.257 e. The number of rotatable bonds is 4. The second-order valence-electron chi connectivity index (χ2n) is 3.77. The molecule has 1 aromatic rings. The van der Waals surface area contributed by atoms with Crippen LogP contribution in [0.4, 0.5) is 8.78 Å². The third-order valence-electron chi connectivity index (χ3n) is 2.21. The summed E-state index contributed by atoms with van der Waals surface area (Å²) in [6.07, 6.45) is 0.0678. The molecule has 1 amide bonds. The summed E-state index contributed by atoms with van der Waals surface area (Å²) in [5.74, 6) is -2.85. The second kappa shape index (κ2) is 5.95. The van der Waals surface area contributed by atoms with Crippen molar-refractivity contribution in [2.24, 2.45) is 10.9 Å². The molecular formula is C11H13F2N3O2. The van der Waals surface area contributed by atoms with Gasteiger partial charge in [-0.05, 0) is 19.1 Å². The molecule has 0 aliphatic carbocycles. The Morgan fingerprint density at radius 1 is 1.50 bits per heavy atom. The Balaban J connectivity index is 2.77. The van der Waals surface area contributed by atoms with Crippen molar-refractivity contribution in [3.63, 3.8) is 0 Å². The van der Waals surface area contributed by atoms with Gasteiger partial charge in [0.05, 0.1) is 0 Å². The summed E-state index contributed by atoms with van der Waals surface area (Å²) in [6.45, 7) is 1.56. The van der Waals surface area contributed by atoms with Crippen molar-refractivity contribution in [2.75, 3.05) is 0 Å². The molecule has 7 heteroatoms. The zero-order valence-corrected chi connectivity index (χ0v) is 9.65. The van der Waals surface area contributed by atoms with Gasteiger partial charge >= 0.3 is 0 Å². The van der Waals surface area contributed by atoms with E-state index in [1.807, 2.05) is 0 Å². The summed E-state index contributed by atoms with van der Waals surface area (Å²) in [5, 5.41) is 13.4. The van der Waals surface area contributed by atoms with Gasteiger partial charge in [-0.25, -0.2) is 8.78 Å². The van der Waals surface area contributed by atoms with Crippen LogP contribution in [-0.4, -0.2) is 23.0 Å². The van der Waals surface area contributed by atoms with E-state index >= 15 is 0 Å². The smallest absolute Gasteiger partial charge is 0.257 e. The Bertz CT molecular complexity index is 457. The van der Waals surface area contributed by atoms with Crippen molar-refractivity contribution < 1.29 is 18.8 Å². The number of hydrogen-bond acceptors (Lipinski definition) is 3. The Morgan fingerprint density at radius 3 is 2.56 bits per heavy atom. The van der Waals surface area contributed by atoms with Crippen LogP contribution in [0.25, 0.3) is 0 Å². The lowest BCUT2D eigenvalue weighted by Crippen LogP contribution is -2.36. The van der Waals surface area contributed by atoms with E-state index in [1.54, 1.807) is 6.92 Å². The molecule has 18 heavy (non-hydrogen) atoms. The first-order valence-electron chi connectivity index (χ1n) is 5.17. The van der Waals surface area contributed by atoms with Crippen LogP contribution < -0.4 is 11.1 Å². The van der Waals surface area contributed by atoms with Crippen LogP contribution in [0.2, 0.25) is 0 Å². The molecule has 98 valence electrons. The van der Waals surface area contributed by atoms with Crippen molar-refractivity contribution in [1.82, 2.24) is 5.32 Å². The van der Waals surface area contributed by atoms with Crippen molar-refractivity contribution in [1.29, 1.82) is 0 Å². The predicted molar refractivity (Wildman–Crippen MR) is 61.3 cm³/mol. The lowest BCUT2D eigenvalue weighted by atomic mass is 10.1. The van der Waals surface area contributed by atoms with Crippen molar-refractivity contribution >= 4 is 11.7 Å². The molecule has 0 aliphatic rings. The minimum atomic E-state index is -0.941. The molecule has 0 saturated carbocycles. The van der Waals surface area contributed by atoms with E-state index in [9.17, 15) is 13.6 Å². The first-order valence-corrected chi connectivity index (χ1v) is 5.17. The van der Waals surface area contributed by atoms with Crippen LogP contribution in [0.15, 0.2) is 23.4 Å². The van der Waals surface area contributed by atoms with Gasteiger partial charge < -0.3 is 16.3 Å². The van der Waals surface area contributed by atoms with Crippen LogP contribution in [0, 0.1) is 11.6 Å². The quantitative estimate of drug-likeness (QED) is 0.328. The standard InChI is InChI=1S/C11H13F2N3O2/c1-6(5-9(14)16-18)15-11(17)10-7(12)3-2-4-8(10)13/h2-4,6,18H,5H2,1H3,(H2,14,16)(H,15,17). The zero-order chi connectivity index (χ0) is 13.7. The fraction of sp³-hybridized carbons (Fsp3) is 0.273. The highest BCUT2D eigenvalue weighted by Crippen LogP contribution is 2.12. The SMILES string of the molecule is CC(CC(N)=NO)NC(=O)c1c(F)cccc1F. The number of hydrogen-bond donors (Lipinski definition) is 3. The Kier molecular flexibility index (Phi) is 4.59. The van der Waals surface area contributed by atoms with Crippen LogP contribution in [0.3, 0.4) is 0 Å². The summed E-state index contributed by atoms with van der Waals surface area (Å²) in [7, 11) is 0. The van der Waals surface area contributed by atoms with Gasteiger partial charge in [0.15, 0.2) is 0 Å². The maximum absolute atomic E-state index is 13.3. The number of halogens is 2. The highest BCUT2D eigenvalue weighted by Gasteiger charge is 2.18. The van der Waals surface area contributed by atoms with E-state index in [0.29, 0.717) is 0 Å². The number of benzene rings is 1. The van der Waals surface area contributed by atoms with E-state index in [-0.39, 0.29) is 12.3 Å². The largest absolute Gasteiger partial charge is 0.409 e. The predicted octanol–water partition coefficient (Wildman–Crippen LogP) is 1.22. The van der Waals surface area contributed by atoms with Crippen molar-refractivity contribution in [3.05, 3.63) is 35.4 Å². The van der Waals surface area contributed by atoms with Gasteiger partial charge in [0.25, 0.3) is 5.91 Å². The van der Waals surface area contributed by atoms with E-state index in [2.05, 4.69) is 10.5 Å². The van der Waals surface area contributed by atoms with Gasteiger partial charge in [-0.2, -0.15) is 0 Å². The van der Waals surface area contributed by atoms with Gasteiger partial charge in [0.1, 0.15) is 23.0 Å². The fourth-order valence-corrected chi connectivity index (χ4v) is 1.42. The first kappa shape index (κ1) is 13.9. The van der Waals surface area contributed by atoms with Crippen LogP contribution in [0.5, 0.6) is 0 Å². The maximum atomic E-state index is 13.3. The molecule has 0 spiro atoms. The van der Waals surface area contributed by atoms with E-state index < -0.39 is 29.1 Å². The minimum Gasteiger partial charge on any atom is -0.409 e. The average molecular weight is 257 g/mol. The van der Waals surface area contributed by atoms with Crippen LogP contribution in [0.1, 0.15) is 23.7 Å². The molecule has 1 rings (SSSR count). The van der Waals surface area contributed by atoms with Gasteiger partial charge in [-0.15, -0.1) is 0 Å². The highest BCUT2D eigenvalue weighted by molar-refractivity contribution is 5.95. The number of amidine groups is 1. The van der Waals surface area contributed by atoms with Crippen LogP contribution >= 0.6 is 0 Å². The summed E-state index contributed by atoms with van der Waals surface area (Å²) >= 11 is 0. The summed E-state index contributed by atoms with van der Waals surface area (Å²) in [4.78, 5) is 11.6. The average Bonchev–Trinajstić information content (AvgIpc) is 2.28. The van der Waals surface area contributed by atoms with Crippen molar-refractivity contribution in [3.8, 4) is 0 Å². The zero-order valence-electron chi connectivity index (χ0n) is 9.65. The van der Waals surface area contributed by atoms with Gasteiger partial charge in [-0.3, -0.25) is 4.79 Å². The van der Waals surface area contributed by atoms with E-state index in [4.69, 9.17) is 10.9 Å². The van der Waals surface area contributed by atoms with E-state index in [1.165, 1.54) is 6.07 Å². The molecule has 1 unspecified atom stereocenters. The van der Waals surface area contributed by atoms with Gasteiger partial charge in [0, 0.05) is 12.5 Å². The van der Waals surface area contributed by atoms with Crippen LogP contribution in [-0.2, 0) is 0 Å². The normalized spacial score (nSPS) is 13.2. The molecule has 4 N–H and O–H groups in total. The molecule has 0 aliphatic heterocycles.